The number of benzene rings is 2. The van der Waals surface area contributed by atoms with Crippen LogP contribution in [0, 0.1) is 13.8 Å². The number of hydrogen-bond acceptors (Lipinski definition) is 5. The number of sulfonamides is 1. The number of amides is 1. The van der Waals surface area contributed by atoms with E-state index in [2.05, 4.69) is 28.5 Å². The quantitative estimate of drug-likeness (QED) is 0.651. The van der Waals surface area contributed by atoms with Crippen molar-refractivity contribution in [2.75, 3.05) is 15.9 Å². The first-order chi connectivity index (χ1) is 14.1. The first-order valence-corrected chi connectivity index (χ1v) is 12.3. The summed E-state index contributed by atoms with van der Waals surface area (Å²) in [4.78, 5) is 17.3. The molecule has 0 unspecified atom stereocenters. The van der Waals surface area contributed by atoms with Crippen LogP contribution < -0.4 is 9.62 Å². The molecule has 0 radical (unpaired) electrons. The van der Waals surface area contributed by atoms with Gasteiger partial charge in [-0.1, -0.05) is 17.7 Å². The summed E-state index contributed by atoms with van der Waals surface area (Å²) >= 11 is 1.38. The summed E-state index contributed by atoms with van der Waals surface area (Å²) in [5.74, 6) is -0.259. The van der Waals surface area contributed by atoms with Gasteiger partial charge in [-0.05, 0) is 62.6 Å². The van der Waals surface area contributed by atoms with Gasteiger partial charge in [0, 0.05) is 22.5 Å². The molecule has 1 aliphatic rings. The molecule has 6 nitrogen and oxygen atoms in total. The molecule has 3 aromatic rings. The highest BCUT2D eigenvalue weighted by Gasteiger charge is 2.32. The summed E-state index contributed by atoms with van der Waals surface area (Å²) in [5.41, 5.74) is 6.17. The van der Waals surface area contributed by atoms with Crippen molar-refractivity contribution >= 4 is 38.1 Å². The predicted molar refractivity (Wildman–Crippen MR) is 122 cm³/mol. The molecule has 2 heterocycles. The van der Waals surface area contributed by atoms with E-state index in [4.69, 9.17) is 0 Å². The van der Waals surface area contributed by atoms with Crippen LogP contribution in [0.15, 0.2) is 41.8 Å². The SMILES string of the molecule is Cc1ccc(C)c(-c2csc(NC(=O)c3ccc4c(c3)C[C@@H](C)N4S(C)(=O)=O)n2)c1. The van der Waals surface area contributed by atoms with Crippen LogP contribution in [0.5, 0.6) is 0 Å². The standard InChI is InChI=1S/C22H23N3O3S2/c1-13-5-6-14(2)18(9-13)19-12-29-22(23-19)24-21(26)16-7-8-20-17(11-16)10-15(3)25(20)30(4,27)28/h5-9,11-12,15H,10H2,1-4H3,(H,23,24,26)/t15-/m1/s1. The number of rotatable bonds is 4. The Labute approximate surface area is 180 Å². The van der Waals surface area contributed by atoms with Crippen LogP contribution in [0.2, 0.25) is 0 Å². The molecule has 1 aliphatic heterocycles. The average molecular weight is 442 g/mol. The van der Waals surface area contributed by atoms with Crippen LogP contribution >= 0.6 is 11.3 Å². The highest BCUT2D eigenvalue weighted by molar-refractivity contribution is 7.92. The minimum absolute atomic E-state index is 0.160. The largest absolute Gasteiger partial charge is 0.298 e. The van der Waals surface area contributed by atoms with Crippen molar-refractivity contribution in [1.82, 2.24) is 4.98 Å². The fraction of sp³-hybridized carbons (Fsp3) is 0.273. The number of aryl methyl sites for hydroxylation is 2. The molecule has 0 saturated heterocycles. The molecule has 8 heteroatoms. The number of thiazole rings is 1. The van der Waals surface area contributed by atoms with Crippen LogP contribution in [0.3, 0.4) is 0 Å². The number of carbonyl (C=O) groups is 1. The van der Waals surface area contributed by atoms with Gasteiger partial charge in [0.05, 0.1) is 17.6 Å². The number of nitrogens with zero attached hydrogens (tertiary/aromatic N) is 2. The highest BCUT2D eigenvalue weighted by atomic mass is 32.2. The van der Waals surface area contributed by atoms with Gasteiger partial charge in [0.2, 0.25) is 10.0 Å². The van der Waals surface area contributed by atoms with E-state index in [9.17, 15) is 13.2 Å². The molecular weight excluding hydrogens is 418 g/mol. The van der Waals surface area contributed by atoms with E-state index >= 15 is 0 Å². The topological polar surface area (TPSA) is 79.4 Å². The van der Waals surface area contributed by atoms with E-state index < -0.39 is 10.0 Å². The van der Waals surface area contributed by atoms with Gasteiger partial charge >= 0.3 is 0 Å². The Kier molecular flexibility index (Phi) is 5.15. The Hall–Kier alpha value is -2.71. The molecule has 30 heavy (non-hydrogen) atoms. The summed E-state index contributed by atoms with van der Waals surface area (Å²) < 4.78 is 25.6. The van der Waals surface area contributed by atoms with Gasteiger partial charge in [0.1, 0.15) is 0 Å². The third-order valence-corrected chi connectivity index (χ3v) is 7.27. The minimum Gasteiger partial charge on any atom is -0.298 e. The molecule has 4 rings (SSSR count). The molecular formula is C22H23N3O3S2. The Bertz CT molecular complexity index is 1250. The summed E-state index contributed by atoms with van der Waals surface area (Å²) in [6, 6.07) is 11.2. The van der Waals surface area contributed by atoms with Gasteiger partial charge in [-0.2, -0.15) is 0 Å². The Morgan fingerprint density at radius 2 is 1.97 bits per heavy atom. The molecule has 1 atom stereocenters. The lowest BCUT2D eigenvalue weighted by Crippen LogP contribution is -2.34. The Balaban J connectivity index is 1.55. The van der Waals surface area contributed by atoms with Crippen molar-refractivity contribution in [2.45, 2.75) is 33.2 Å². The molecule has 0 aliphatic carbocycles. The summed E-state index contributed by atoms with van der Waals surface area (Å²) in [5, 5.41) is 5.33. The molecule has 1 N–H and O–H groups in total. The zero-order chi connectivity index (χ0) is 21.6. The molecule has 0 bridgehead atoms. The predicted octanol–water partition coefficient (Wildman–Crippen LogP) is 4.39. The molecule has 156 valence electrons. The maximum absolute atomic E-state index is 12.8. The van der Waals surface area contributed by atoms with Crippen molar-refractivity contribution in [3.8, 4) is 11.3 Å². The van der Waals surface area contributed by atoms with Crippen molar-refractivity contribution < 1.29 is 13.2 Å². The van der Waals surface area contributed by atoms with E-state index in [1.54, 1.807) is 18.2 Å². The maximum atomic E-state index is 12.8. The van der Waals surface area contributed by atoms with Crippen LogP contribution in [-0.4, -0.2) is 31.6 Å². The van der Waals surface area contributed by atoms with Crippen molar-refractivity contribution in [3.63, 3.8) is 0 Å². The van der Waals surface area contributed by atoms with Gasteiger partial charge in [-0.25, -0.2) is 13.4 Å². The van der Waals surface area contributed by atoms with Gasteiger partial charge in [0.25, 0.3) is 5.91 Å². The molecule has 1 aromatic heterocycles. The fourth-order valence-corrected chi connectivity index (χ4v) is 5.85. The monoisotopic (exact) mass is 441 g/mol. The molecule has 0 fully saturated rings. The smallest absolute Gasteiger partial charge is 0.257 e. The molecule has 2 aromatic carbocycles. The lowest BCUT2D eigenvalue weighted by molar-refractivity contribution is 0.102. The van der Waals surface area contributed by atoms with E-state index in [-0.39, 0.29) is 11.9 Å². The minimum atomic E-state index is -3.35. The third kappa shape index (κ3) is 3.85. The van der Waals surface area contributed by atoms with E-state index in [1.807, 2.05) is 26.2 Å². The number of anilines is 2. The number of aromatic nitrogens is 1. The zero-order valence-electron chi connectivity index (χ0n) is 17.3. The van der Waals surface area contributed by atoms with Crippen LogP contribution in [0.4, 0.5) is 10.8 Å². The van der Waals surface area contributed by atoms with Crippen LogP contribution in [0.1, 0.15) is 34.0 Å². The second-order valence-corrected chi connectivity index (χ2v) is 10.5. The van der Waals surface area contributed by atoms with Gasteiger partial charge < -0.3 is 0 Å². The van der Waals surface area contributed by atoms with E-state index in [0.717, 1.165) is 27.9 Å². The highest BCUT2D eigenvalue weighted by Crippen LogP contribution is 2.35. The third-order valence-electron chi connectivity index (χ3n) is 5.25. The maximum Gasteiger partial charge on any atom is 0.257 e. The summed E-state index contributed by atoms with van der Waals surface area (Å²) in [7, 11) is -3.35. The normalized spacial score (nSPS) is 15.9. The Morgan fingerprint density at radius 1 is 1.20 bits per heavy atom. The van der Waals surface area contributed by atoms with Crippen LogP contribution in [0.25, 0.3) is 11.3 Å². The van der Waals surface area contributed by atoms with Crippen molar-refractivity contribution in [1.29, 1.82) is 0 Å². The van der Waals surface area contributed by atoms with E-state index in [0.29, 0.717) is 22.8 Å². The second-order valence-electron chi connectivity index (χ2n) is 7.77. The van der Waals surface area contributed by atoms with Crippen molar-refractivity contribution in [2.24, 2.45) is 0 Å². The second kappa shape index (κ2) is 7.52. The average Bonchev–Trinajstić information content (AvgIpc) is 3.25. The Morgan fingerprint density at radius 3 is 2.70 bits per heavy atom. The summed E-state index contributed by atoms with van der Waals surface area (Å²) in [6.45, 7) is 5.94. The number of carbonyl (C=O) groups excluding carboxylic acids is 1. The summed E-state index contributed by atoms with van der Waals surface area (Å²) in [6.07, 6.45) is 1.78. The van der Waals surface area contributed by atoms with Crippen molar-refractivity contribution in [3.05, 3.63) is 64.0 Å². The van der Waals surface area contributed by atoms with Gasteiger partial charge in [-0.3, -0.25) is 14.4 Å². The van der Waals surface area contributed by atoms with E-state index in [1.165, 1.54) is 21.9 Å². The number of hydrogen-bond donors (Lipinski definition) is 1. The number of nitrogens with one attached hydrogen (secondary N) is 1. The molecule has 0 saturated carbocycles. The number of fused-ring (bicyclic) bond motifs is 1. The zero-order valence-corrected chi connectivity index (χ0v) is 18.9. The van der Waals surface area contributed by atoms with Gasteiger partial charge in [-0.15, -0.1) is 11.3 Å². The fourth-order valence-electron chi connectivity index (χ4n) is 3.89. The lowest BCUT2D eigenvalue weighted by Gasteiger charge is -2.21. The van der Waals surface area contributed by atoms with Crippen LogP contribution in [-0.2, 0) is 16.4 Å². The first kappa shape index (κ1) is 20.6. The molecule has 1 amide bonds. The lowest BCUT2D eigenvalue weighted by atomic mass is 10.0. The molecule has 0 spiro atoms. The first-order valence-electron chi connectivity index (χ1n) is 9.60. The van der Waals surface area contributed by atoms with Gasteiger partial charge in [0.15, 0.2) is 5.13 Å².